The zero-order valence-electron chi connectivity index (χ0n) is 15.2. The third-order valence-corrected chi connectivity index (χ3v) is 6.33. The van der Waals surface area contributed by atoms with Crippen LogP contribution >= 0.6 is 34.7 Å². The average Bonchev–Trinajstić information content (AvgIpc) is 3.15. The Morgan fingerprint density at radius 2 is 1.65 bits per heavy atom. The molecule has 12 heteroatoms. The van der Waals surface area contributed by atoms with Crippen LogP contribution in [0, 0.1) is 0 Å². The lowest BCUT2D eigenvalue weighted by Gasteiger charge is -2.08. The molecule has 0 unspecified atom stereocenters. The van der Waals surface area contributed by atoms with Crippen molar-refractivity contribution in [1.82, 2.24) is 9.97 Å². The summed E-state index contributed by atoms with van der Waals surface area (Å²) in [5.41, 5.74) is -1.57. The number of Topliss-reactive ketones (excluding diaryl/α,β-unsaturated/α-hetero) is 1. The van der Waals surface area contributed by atoms with Crippen molar-refractivity contribution < 1.29 is 31.1 Å². The van der Waals surface area contributed by atoms with Gasteiger partial charge in [-0.15, -0.1) is 11.3 Å². The van der Waals surface area contributed by atoms with Crippen molar-refractivity contribution in [2.75, 3.05) is 5.75 Å². The number of rotatable bonds is 6. The lowest BCUT2D eigenvalue weighted by atomic mass is 10.2. The van der Waals surface area contributed by atoms with Gasteiger partial charge in [0, 0.05) is 23.7 Å². The van der Waals surface area contributed by atoms with Gasteiger partial charge in [-0.2, -0.15) is 26.3 Å². The van der Waals surface area contributed by atoms with Gasteiger partial charge in [0.2, 0.25) is 0 Å². The second kappa shape index (κ2) is 9.17. The largest absolute Gasteiger partial charge is 0.417 e. The first-order valence-corrected chi connectivity index (χ1v) is 10.6. The number of hydrogen-bond acceptors (Lipinski definition) is 5. The Hall–Kier alpha value is -2.11. The summed E-state index contributed by atoms with van der Waals surface area (Å²) in [4.78, 5) is 20.9. The predicted octanol–water partition coefficient (Wildman–Crippen LogP) is 6.79. The molecule has 3 aromatic heterocycles. The van der Waals surface area contributed by atoms with Crippen LogP contribution in [0.1, 0.15) is 31.4 Å². The molecule has 0 aliphatic heterocycles. The highest BCUT2D eigenvalue weighted by atomic mass is 35.5. The first kappa shape index (κ1) is 23.6. The van der Waals surface area contributed by atoms with E-state index < -0.39 is 23.5 Å². The van der Waals surface area contributed by atoms with Gasteiger partial charge >= 0.3 is 12.4 Å². The molecule has 0 atom stereocenters. The van der Waals surface area contributed by atoms with Crippen LogP contribution in [0.3, 0.4) is 0 Å². The molecule has 0 bridgehead atoms. The quantitative estimate of drug-likeness (QED) is 0.214. The van der Waals surface area contributed by atoms with Crippen molar-refractivity contribution in [2.24, 2.45) is 0 Å². The summed E-state index contributed by atoms with van der Waals surface area (Å²) in [6, 6.07) is 6.11. The number of thiophene rings is 1. The van der Waals surface area contributed by atoms with Gasteiger partial charge in [-0.25, -0.2) is 4.98 Å². The van der Waals surface area contributed by atoms with Crippen LogP contribution in [0.25, 0.3) is 0 Å². The number of carbonyl (C=O) groups excluding carboxylic acids is 1. The summed E-state index contributed by atoms with van der Waals surface area (Å²) < 4.78 is 75.7. The highest BCUT2D eigenvalue weighted by Crippen LogP contribution is 2.33. The highest BCUT2D eigenvalue weighted by Gasteiger charge is 2.32. The first-order valence-electron chi connectivity index (χ1n) is 8.43. The van der Waals surface area contributed by atoms with Crippen LogP contribution in [0.2, 0.25) is 5.02 Å². The average molecular weight is 497 g/mol. The van der Waals surface area contributed by atoms with E-state index in [1.807, 2.05) is 0 Å². The Bertz CT molecular complexity index is 1080. The van der Waals surface area contributed by atoms with E-state index in [0.717, 1.165) is 35.2 Å². The van der Waals surface area contributed by atoms with Crippen LogP contribution in [0.4, 0.5) is 26.3 Å². The molecule has 3 nitrogen and oxygen atoms in total. The minimum Gasteiger partial charge on any atom is -0.292 e. The molecule has 3 aromatic rings. The van der Waals surface area contributed by atoms with Crippen molar-refractivity contribution in [3.63, 3.8) is 0 Å². The van der Waals surface area contributed by atoms with E-state index in [-0.39, 0.29) is 33.7 Å². The van der Waals surface area contributed by atoms with E-state index in [1.54, 1.807) is 12.1 Å². The summed E-state index contributed by atoms with van der Waals surface area (Å²) in [7, 11) is 0. The van der Waals surface area contributed by atoms with Crippen molar-refractivity contribution in [3.05, 3.63) is 74.3 Å². The Morgan fingerprint density at radius 1 is 0.968 bits per heavy atom. The SMILES string of the molecule is O=C(CSc1ccc(C(F)(F)F)cn1)c1ccc(Cc2ncc(C(F)(F)F)cc2Cl)s1. The molecule has 164 valence electrons. The molecule has 0 saturated carbocycles. The van der Waals surface area contributed by atoms with E-state index in [0.29, 0.717) is 22.1 Å². The summed E-state index contributed by atoms with van der Waals surface area (Å²) in [6.07, 6.45) is -7.46. The summed E-state index contributed by atoms with van der Waals surface area (Å²) in [5.74, 6) is -0.285. The van der Waals surface area contributed by atoms with Crippen molar-refractivity contribution in [2.45, 2.75) is 23.8 Å². The molecule has 0 amide bonds. The maximum atomic E-state index is 12.7. The van der Waals surface area contributed by atoms with Gasteiger partial charge in [0.05, 0.1) is 37.5 Å². The third kappa shape index (κ3) is 6.20. The minimum absolute atomic E-state index is 0.0302. The molecule has 0 aromatic carbocycles. The van der Waals surface area contributed by atoms with Crippen molar-refractivity contribution in [3.8, 4) is 0 Å². The number of nitrogens with zero attached hydrogens (tertiary/aromatic N) is 2. The molecule has 31 heavy (non-hydrogen) atoms. The van der Waals surface area contributed by atoms with Crippen molar-refractivity contribution in [1.29, 1.82) is 0 Å². The van der Waals surface area contributed by atoms with Crippen LogP contribution in [0.15, 0.2) is 47.8 Å². The molecule has 3 heterocycles. The van der Waals surface area contributed by atoms with Crippen LogP contribution in [0.5, 0.6) is 0 Å². The molecule has 0 aliphatic carbocycles. The van der Waals surface area contributed by atoms with Gasteiger partial charge in [0.25, 0.3) is 0 Å². The molecule has 0 spiro atoms. The van der Waals surface area contributed by atoms with Gasteiger partial charge in [0.15, 0.2) is 5.78 Å². The monoisotopic (exact) mass is 496 g/mol. The maximum absolute atomic E-state index is 12.7. The van der Waals surface area contributed by atoms with Crippen LogP contribution < -0.4 is 0 Å². The standard InChI is InChI=1S/C19H11ClF6N2OS2/c20-13-5-11(19(24,25)26)8-27-14(13)6-12-2-3-16(31-12)15(29)9-30-17-4-1-10(7-28-17)18(21,22)23/h1-5,7-8H,6,9H2. The smallest absolute Gasteiger partial charge is 0.292 e. The minimum atomic E-state index is -4.54. The fourth-order valence-corrected chi connectivity index (χ4v) is 4.38. The number of alkyl halides is 6. The van der Waals surface area contributed by atoms with E-state index in [1.165, 1.54) is 6.07 Å². The normalized spacial score (nSPS) is 12.2. The van der Waals surface area contributed by atoms with Gasteiger partial charge < -0.3 is 0 Å². The third-order valence-electron chi connectivity index (χ3n) is 3.94. The molecule has 0 N–H and O–H groups in total. The Kier molecular flexibility index (Phi) is 6.97. The molecule has 3 rings (SSSR count). The summed E-state index contributed by atoms with van der Waals surface area (Å²) >= 11 is 8.05. The maximum Gasteiger partial charge on any atom is 0.417 e. The lowest BCUT2D eigenvalue weighted by Crippen LogP contribution is -2.06. The topological polar surface area (TPSA) is 42.9 Å². The van der Waals surface area contributed by atoms with Gasteiger partial charge in [-0.3, -0.25) is 9.78 Å². The fraction of sp³-hybridized carbons (Fsp3) is 0.211. The Balaban J connectivity index is 1.61. The van der Waals surface area contributed by atoms with Crippen LogP contribution in [-0.4, -0.2) is 21.5 Å². The summed E-state index contributed by atoms with van der Waals surface area (Å²) in [5, 5.41) is 0.152. The highest BCUT2D eigenvalue weighted by molar-refractivity contribution is 8.00. The van der Waals surface area contributed by atoms with Gasteiger partial charge in [-0.05, 0) is 30.3 Å². The number of carbonyl (C=O) groups is 1. The molecule has 0 radical (unpaired) electrons. The van der Waals surface area contributed by atoms with Gasteiger partial charge in [-0.1, -0.05) is 23.4 Å². The van der Waals surface area contributed by atoms with E-state index in [9.17, 15) is 31.1 Å². The summed E-state index contributed by atoms with van der Waals surface area (Å²) in [6.45, 7) is 0. The predicted molar refractivity (Wildman–Crippen MR) is 106 cm³/mol. The van der Waals surface area contributed by atoms with Crippen molar-refractivity contribution >= 4 is 40.5 Å². The zero-order valence-corrected chi connectivity index (χ0v) is 17.6. The fourth-order valence-electron chi connectivity index (χ4n) is 2.38. The number of thioether (sulfide) groups is 1. The molecule has 0 fully saturated rings. The van der Waals surface area contributed by atoms with E-state index >= 15 is 0 Å². The molecular weight excluding hydrogens is 486 g/mol. The Morgan fingerprint density at radius 3 is 2.23 bits per heavy atom. The molecular formula is C19H11ClF6N2OS2. The number of halogens is 7. The molecule has 0 saturated heterocycles. The van der Waals surface area contributed by atoms with Crippen LogP contribution in [-0.2, 0) is 18.8 Å². The second-order valence-electron chi connectivity index (χ2n) is 6.19. The van der Waals surface area contributed by atoms with E-state index in [2.05, 4.69) is 9.97 Å². The number of pyridine rings is 2. The Labute approximate surface area is 185 Å². The number of hydrogen-bond donors (Lipinski definition) is 0. The van der Waals surface area contributed by atoms with Gasteiger partial charge in [0.1, 0.15) is 0 Å². The lowest BCUT2D eigenvalue weighted by molar-refractivity contribution is -0.138. The number of aromatic nitrogens is 2. The number of ketones is 1. The van der Waals surface area contributed by atoms with E-state index in [4.69, 9.17) is 11.6 Å². The molecule has 0 aliphatic rings. The zero-order chi connectivity index (χ0) is 22.8. The second-order valence-corrected chi connectivity index (χ2v) is 8.76. The first-order chi connectivity index (χ1) is 14.4.